The summed E-state index contributed by atoms with van der Waals surface area (Å²) < 4.78 is 31.5. The van der Waals surface area contributed by atoms with Gasteiger partial charge in [-0.1, -0.05) is 17.7 Å². The minimum absolute atomic E-state index is 0.0212. The maximum atomic E-state index is 13.1. The molecule has 0 aliphatic heterocycles. The number of nitro groups is 1. The predicted octanol–water partition coefficient (Wildman–Crippen LogP) is 3.79. The summed E-state index contributed by atoms with van der Waals surface area (Å²) in [4.78, 5) is 22.7. The number of nitro benzene ring substituents is 1. The summed E-state index contributed by atoms with van der Waals surface area (Å²) in [6.45, 7) is -0.292. The highest BCUT2D eigenvalue weighted by Gasteiger charge is 2.32. The first-order chi connectivity index (χ1) is 13.8. The van der Waals surface area contributed by atoms with Gasteiger partial charge in [0.1, 0.15) is 11.0 Å². The number of furan rings is 1. The van der Waals surface area contributed by atoms with Crippen LogP contribution in [0.15, 0.2) is 76.2 Å². The molecule has 150 valence electrons. The van der Waals surface area contributed by atoms with Gasteiger partial charge in [-0.25, -0.2) is 8.42 Å². The molecule has 0 unspecified atom stereocenters. The molecule has 0 aliphatic carbocycles. The van der Waals surface area contributed by atoms with E-state index in [1.807, 2.05) is 0 Å². The van der Waals surface area contributed by atoms with Crippen LogP contribution in [0.2, 0.25) is 5.02 Å². The number of hydrogen-bond donors (Lipinski definition) is 1. The molecule has 0 fully saturated rings. The Kier molecular flexibility index (Phi) is 6.00. The molecule has 2 aromatic carbocycles. The van der Waals surface area contributed by atoms with Gasteiger partial charge in [-0.15, -0.1) is 0 Å². The zero-order valence-corrected chi connectivity index (χ0v) is 16.4. The Morgan fingerprint density at radius 2 is 1.86 bits per heavy atom. The maximum absolute atomic E-state index is 13.1. The van der Waals surface area contributed by atoms with Gasteiger partial charge in [0.15, 0.2) is 9.84 Å². The number of nitrogens with one attached hydrogen (secondary N) is 1. The lowest BCUT2D eigenvalue weighted by atomic mass is 10.2. The first-order valence-electron chi connectivity index (χ1n) is 8.34. The molecule has 1 amide bonds. The van der Waals surface area contributed by atoms with Gasteiger partial charge in [0.05, 0.1) is 16.1 Å². The summed E-state index contributed by atoms with van der Waals surface area (Å²) in [6.07, 6.45) is 1.34. The number of nitrogens with zero attached hydrogens (tertiary/aromatic N) is 1. The van der Waals surface area contributed by atoms with Gasteiger partial charge >= 0.3 is 0 Å². The highest BCUT2D eigenvalue weighted by atomic mass is 35.5. The van der Waals surface area contributed by atoms with Crippen molar-refractivity contribution in [3.63, 3.8) is 0 Å². The molecule has 1 atom stereocenters. The van der Waals surface area contributed by atoms with Crippen molar-refractivity contribution in [3.05, 3.63) is 93.4 Å². The van der Waals surface area contributed by atoms with Gasteiger partial charge in [-0.2, -0.15) is 0 Å². The lowest BCUT2D eigenvalue weighted by Crippen LogP contribution is -2.31. The molecule has 0 saturated heterocycles. The van der Waals surface area contributed by atoms with Crippen LogP contribution in [0.4, 0.5) is 5.69 Å². The van der Waals surface area contributed by atoms with Crippen molar-refractivity contribution in [3.8, 4) is 0 Å². The van der Waals surface area contributed by atoms with E-state index in [-0.39, 0.29) is 28.5 Å². The Labute approximate surface area is 171 Å². The van der Waals surface area contributed by atoms with E-state index in [9.17, 15) is 23.3 Å². The molecule has 0 radical (unpaired) electrons. The minimum Gasteiger partial charge on any atom is -0.468 e. The fourth-order valence-corrected chi connectivity index (χ4v) is 4.39. The van der Waals surface area contributed by atoms with Crippen molar-refractivity contribution in [2.24, 2.45) is 0 Å². The number of benzene rings is 2. The van der Waals surface area contributed by atoms with Gasteiger partial charge in [0.25, 0.3) is 11.6 Å². The normalized spacial score (nSPS) is 12.3. The second kappa shape index (κ2) is 8.46. The summed E-state index contributed by atoms with van der Waals surface area (Å²) >= 11 is 5.83. The third-order valence-corrected chi connectivity index (χ3v) is 6.47. The summed E-state index contributed by atoms with van der Waals surface area (Å²) in [5.74, 6) is -0.490. The Balaban J connectivity index is 1.86. The van der Waals surface area contributed by atoms with Crippen LogP contribution in [0.1, 0.15) is 21.4 Å². The molecule has 0 saturated carbocycles. The quantitative estimate of drug-likeness (QED) is 0.446. The highest BCUT2D eigenvalue weighted by Crippen LogP contribution is 2.29. The van der Waals surface area contributed by atoms with E-state index in [0.717, 1.165) is 6.07 Å². The molecule has 8 nitrogen and oxygen atoms in total. The second-order valence-electron chi connectivity index (χ2n) is 6.02. The summed E-state index contributed by atoms with van der Waals surface area (Å²) in [5.41, 5.74) is -0.199. The fraction of sp³-hybridized carbons (Fsp3) is 0.105. The SMILES string of the molecule is O=C(NC[C@H](c1ccco1)S(=O)(=O)c1ccc(Cl)cc1)c1cccc([N+](=O)[O-])c1. The van der Waals surface area contributed by atoms with Crippen LogP contribution < -0.4 is 5.32 Å². The van der Waals surface area contributed by atoms with Crippen molar-refractivity contribution in [1.82, 2.24) is 5.32 Å². The molecule has 1 heterocycles. The number of carbonyl (C=O) groups is 1. The Bertz CT molecular complexity index is 1130. The van der Waals surface area contributed by atoms with E-state index in [1.54, 1.807) is 6.07 Å². The van der Waals surface area contributed by atoms with Gasteiger partial charge in [-0.3, -0.25) is 14.9 Å². The van der Waals surface area contributed by atoms with E-state index in [2.05, 4.69) is 5.32 Å². The molecule has 0 aliphatic rings. The number of hydrogen-bond acceptors (Lipinski definition) is 6. The largest absolute Gasteiger partial charge is 0.468 e. The highest BCUT2D eigenvalue weighted by molar-refractivity contribution is 7.91. The monoisotopic (exact) mass is 434 g/mol. The molecule has 10 heteroatoms. The number of non-ortho nitro benzene ring substituents is 1. The van der Waals surface area contributed by atoms with Crippen molar-refractivity contribution in [2.45, 2.75) is 10.1 Å². The Morgan fingerprint density at radius 1 is 1.14 bits per heavy atom. The molecule has 1 N–H and O–H groups in total. The topological polar surface area (TPSA) is 120 Å². The molecule has 3 rings (SSSR count). The molecule has 0 bridgehead atoms. The Morgan fingerprint density at radius 3 is 2.48 bits per heavy atom. The van der Waals surface area contributed by atoms with Crippen LogP contribution in [-0.2, 0) is 9.84 Å². The summed E-state index contributed by atoms with van der Waals surface area (Å²) in [7, 11) is -3.92. The van der Waals surface area contributed by atoms with Crippen LogP contribution in [-0.4, -0.2) is 25.8 Å². The average molecular weight is 435 g/mol. The van der Waals surface area contributed by atoms with Crippen molar-refractivity contribution in [2.75, 3.05) is 6.54 Å². The van der Waals surface area contributed by atoms with E-state index in [1.165, 1.54) is 54.8 Å². The number of carbonyl (C=O) groups excluding carboxylic acids is 1. The van der Waals surface area contributed by atoms with E-state index < -0.39 is 25.9 Å². The van der Waals surface area contributed by atoms with Gasteiger partial charge < -0.3 is 9.73 Å². The van der Waals surface area contributed by atoms with Crippen molar-refractivity contribution in [1.29, 1.82) is 0 Å². The number of rotatable bonds is 7. The van der Waals surface area contributed by atoms with Crippen LogP contribution in [0.25, 0.3) is 0 Å². The summed E-state index contributed by atoms with van der Waals surface area (Å²) in [5, 5.41) is 12.6. The van der Waals surface area contributed by atoms with Crippen LogP contribution in [0, 0.1) is 10.1 Å². The molecule has 3 aromatic rings. The van der Waals surface area contributed by atoms with Gasteiger partial charge in [0.2, 0.25) is 0 Å². The first kappa shape index (κ1) is 20.6. The summed E-state index contributed by atoms with van der Waals surface area (Å²) in [6, 6.07) is 13.8. The average Bonchev–Trinajstić information content (AvgIpc) is 3.22. The molecular weight excluding hydrogens is 420 g/mol. The fourth-order valence-electron chi connectivity index (χ4n) is 2.67. The minimum atomic E-state index is -3.92. The molecular formula is C19H15ClN2O6S. The van der Waals surface area contributed by atoms with Crippen LogP contribution >= 0.6 is 11.6 Å². The zero-order chi connectivity index (χ0) is 21.0. The lowest BCUT2D eigenvalue weighted by Gasteiger charge is -2.17. The third-order valence-electron chi connectivity index (χ3n) is 4.14. The number of halogens is 1. The van der Waals surface area contributed by atoms with Crippen molar-refractivity contribution < 1.29 is 22.6 Å². The standard InChI is InChI=1S/C19H15ClN2O6S/c20-14-6-8-16(9-7-14)29(26,27)18(17-5-2-10-28-17)12-21-19(23)13-3-1-4-15(11-13)22(24)25/h1-11,18H,12H2,(H,21,23)/t18-/m1/s1. The smallest absolute Gasteiger partial charge is 0.270 e. The zero-order valence-electron chi connectivity index (χ0n) is 14.8. The number of amides is 1. The second-order valence-corrected chi connectivity index (χ2v) is 8.59. The first-order valence-corrected chi connectivity index (χ1v) is 10.3. The van der Waals surface area contributed by atoms with E-state index in [4.69, 9.17) is 16.0 Å². The van der Waals surface area contributed by atoms with Gasteiger partial charge in [0, 0.05) is 29.3 Å². The predicted molar refractivity (Wildman–Crippen MR) is 106 cm³/mol. The van der Waals surface area contributed by atoms with Crippen molar-refractivity contribution >= 4 is 33.0 Å². The Hall–Kier alpha value is -3.17. The molecule has 0 spiro atoms. The van der Waals surface area contributed by atoms with Crippen LogP contribution in [0.5, 0.6) is 0 Å². The van der Waals surface area contributed by atoms with E-state index >= 15 is 0 Å². The van der Waals surface area contributed by atoms with Gasteiger partial charge in [-0.05, 0) is 42.5 Å². The van der Waals surface area contributed by atoms with Crippen LogP contribution in [0.3, 0.4) is 0 Å². The molecule has 1 aromatic heterocycles. The third kappa shape index (κ3) is 4.64. The number of sulfone groups is 1. The molecule has 29 heavy (non-hydrogen) atoms. The van der Waals surface area contributed by atoms with E-state index in [0.29, 0.717) is 5.02 Å². The maximum Gasteiger partial charge on any atom is 0.270 e. The lowest BCUT2D eigenvalue weighted by molar-refractivity contribution is -0.384.